The van der Waals surface area contributed by atoms with E-state index < -0.39 is 53.7 Å². The molecule has 0 spiro atoms. The van der Waals surface area contributed by atoms with E-state index in [4.69, 9.17) is 0 Å². The number of carbonyl (C=O) groups is 4. The molecular formula is C38H24N4Na4O16S4. The Balaban J connectivity index is 0.00000374. The summed E-state index contributed by atoms with van der Waals surface area (Å²) in [5.74, 6) is -3.52. The molecule has 0 aromatic heterocycles. The summed E-state index contributed by atoms with van der Waals surface area (Å²) in [7, 11) is -9.67. The third-order valence-corrected chi connectivity index (χ3v) is 11.4. The molecule has 320 valence electrons. The fourth-order valence-electron chi connectivity index (χ4n) is 5.75. The number of rotatable bonds is 16. The van der Waals surface area contributed by atoms with Crippen LogP contribution >= 0.6 is 24.1 Å². The first-order valence-corrected chi connectivity index (χ1v) is 21.3. The Kier molecular flexibility index (Phi) is 24.7. The van der Waals surface area contributed by atoms with Gasteiger partial charge in [-0.15, -0.1) is 0 Å². The fourth-order valence-corrected chi connectivity index (χ4v) is 7.40. The largest absolute Gasteiger partial charge is 1.00 e. The maximum Gasteiger partial charge on any atom is 1.00 e. The number of anilines is 4. The van der Waals surface area contributed by atoms with E-state index in [0.29, 0.717) is 33.9 Å². The van der Waals surface area contributed by atoms with Gasteiger partial charge in [-0.1, -0.05) is 0 Å². The fraction of sp³-hybridized carbons (Fsp3) is 0. The number of fused-ring (bicyclic) bond motifs is 1. The summed E-state index contributed by atoms with van der Waals surface area (Å²) in [6.45, 7) is 0. The Morgan fingerprint density at radius 3 is 0.833 bits per heavy atom. The van der Waals surface area contributed by atoms with Gasteiger partial charge in [-0.2, -0.15) is 8.67 Å². The molecule has 0 aliphatic rings. The van der Waals surface area contributed by atoms with Crippen LogP contribution in [0.5, 0.6) is 0 Å². The summed E-state index contributed by atoms with van der Waals surface area (Å²) in [4.78, 5) is 56.3. The number of nitrogens with one attached hydrogen (secondary N) is 4. The maximum atomic E-state index is 14.2. The zero-order chi connectivity index (χ0) is 44.6. The minimum Gasteiger partial charge on any atom is -0.744 e. The number of hydrogen-bond acceptors (Lipinski definition) is 18. The van der Waals surface area contributed by atoms with E-state index in [0.717, 1.165) is 48.5 Å². The third-order valence-electron chi connectivity index (χ3n) is 8.48. The molecule has 6 aromatic rings. The Morgan fingerprint density at radius 2 is 0.621 bits per heavy atom. The van der Waals surface area contributed by atoms with Crippen LogP contribution < -0.4 is 150 Å². The van der Waals surface area contributed by atoms with Crippen molar-refractivity contribution in [2.24, 2.45) is 0 Å². The van der Waals surface area contributed by atoms with Gasteiger partial charge in [0.05, 0.1) is 33.9 Å². The molecule has 0 heterocycles. The molecule has 0 unspecified atom stereocenters. The van der Waals surface area contributed by atoms with Crippen LogP contribution in [0.1, 0.15) is 41.4 Å². The molecular weight excluding hydrogens is 989 g/mol. The van der Waals surface area contributed by atoms with E-state index >= 15 is 0 Å². The van der Waals surface area contributed by atoms with Crippen molar-refractivity contribution in [2.75, 3.05) is 21.3 Å². The number of hydrogen-bond donors (Lipinski definition) is 4. The summed E-state index contributed by atoms with van der Waals surface area (Å²) < 4.78 is 77.7. The van der Waals surface area contributed by atoms with Gasteiger partial charge in [0.2, 0.25) is 0 Å². The van der Waals surface area contributed by atoms with E-state index in [1.807, 2.05) is 0 Å². The topological polar surface area (TPSA) is 314 Å². The average Bonchev–Trinajstić information content (AvgIpc) is 3.24. The molecule has 6 rings (SSSR count). The van der Waals surface area contributed by atoms with Crippen LogP contribution in [0.3, 0.4) is 0 Å². The number of benzene rings is 6. The molecule has 0 radical (unpaired) electrons. The summed E-state index contributed by atoms with van der Waals surface area (Å²) in [5.41, 5.74) is -0.574. The van der Waals surface area contributed by atoms with Crippen molar-refractivity contribution in [3.63, 3.8) is 0 Å². The van der Waals surface area contributed by atoms with Crippen molar-refractivity contribution >= 4 is 101 Å². The molecule has 0 aliphatic carbocycles. The summed E-state index contributed by atoms with van der Waals surface area (Å²) in [5, 5.41) is 37.2. The predicted octanol–water partition coefficient (Wildman–Crippen LogP) is -7.87. The molecule has 6 aromatic carbocycles. The van der Waals surface area contributed by atoms with Crippen molar-refractivity contribution < 1.29 is 193 Å². The second kappa shape index (κ2) is 27.2. The van der Waals surface area contributed by atoms with E-state index in [-0.39, 0.29) is 174 Å². The van der Waals surface area contributed by atoms with Gasteiger partial charge in [-0.3, -0.25) is 29.3 Å². The third kappa shape index (κ3) is 15.9. The van der Waals surface area contributed by atoms with Crippen LogP contribution in [-0.4, -0.2) is 49.6 Å². The molecule has 20 nitrogen and oxygen atoms in total. The molecule has 0 atom stereocenters. The first-order chi connectivity index (χ1) is 29.5. The van der Waals surface area contributed by atoms with Gasteiger partial charge in [-0.25, -0.2) is 16.8 Å². The Labute approximate surface area is 472 Å². The standard InChI is InChI=1S/C38H28N4O16S4.4Na/c43-35(39-21-1-9-25(10-2-21)59-57-55-47)29-17-19-31(37(45)41-23-5-13-27(14-6-23)61(49,50)51)34-32(38(46)42-24-7-15-28(16-8-24)62(52,53)54)20-18-30(33(29)34)36(44)40-22-3-11-26(12-4-22)60-58-56-48;;;;/h1-20,47-48H,(H,39,43)(H,40,44)(H,41,45)(H,42,46)(H,49,50,51)(H,52,53,54);;;;/q;4*+1/p-4. The average molecular weight is 1010 g/mol. The Bertz CT molecular complexity index is 2710. The van der Waals surface area contributed by atoms with Crippen LogP contribution in [0, 0.1) is 0 Å². The van der Waals surface area contributed by atoms with Crippen molar-refractivity contribution in [1.29, 1.82) is 0 Å². The van der Waals surface area contributed by atoms with Crippen molar-refractivity contribution in [3.8, 4) is 0 Å². The quantitative estimate of drug-likeness (QED) is 0.0230. The summed E-state index contributed by atoms with van der Waals surface area (Å²) in [6.07, 6.45) is 0. The van der Waals surface area contributed by atoms with Crippen LogP contribution in [0.2, 0.25) is 0 Å². The maximum absolute atomic E-state index is 14.2. The summed E-state index contributed by atoms with van der Waals surface area (Å²) in [6, 6.07) is 24.9. The normalized spacial score (nSPS) is 10.8. The molecule has 0 saturated heterocycles. The van der Waals surface area contributed by atoms with Gasteiger partial charge in [0, 0.05) is 65.6 Å². The van der Waals surface area contributed by atoms with Gasteiger partial charge in [0.15, 0.2) is 0 Å². The van der Waals surface area contributed by atoms with E-state index in [9.17, 15) is 55.6 Å². The van der Waals surface area contributed by atoms with Gasteiger partial charge in [-0.05, 0) is 121 Å². The van der Waals surface area contributed by atoms with Crippen LogP contribution in [0.4, 0.5) is 22.7 Å². The molecule has 28 heteroatoms. The molecule has 66 heavy (non-hydrogen) atoms. The SMILES string of the molecule is O=C(Nc1ccc(SOO[O-])cc1)c1ccc(C(=O)Nc2ccc(S(=O)(=O)[O-])cc2)c2c(C(=O)Nc3ccc(S(=O)(=O)[O-])cc3)ccc(C(=O)Nc3ccc(SOO[O-])cc3)c12.[Na+].[Na+].[Na+].[Na+]. The molecule has 4 N–H and O–H groups in total. The Hall–Kier alpha value is -2.26. The molecule has 0 saturated carbocycles. The minimum absolute atomic E-state index is 0. The zero-order valence-electron chi connectivity index (χ0n) is 34.7. The van der Waals surface area contributed by atoms with Crippen LogP contribution in [0.15, 0.2) is 141 Å². The second-order valence-electron chi connectivity index (χ2n) is 12.3. The van der Waals surface area contributed by atoms with Gasteiger partial charge in [0.25, 0.3) is 23.6 Å². The minimum atomic E-state index is -4.84. The smallest absolute Gasteiger partial charge is 0.744 e. The van der Waals surface area contributed by atoms with Gasteiger partial charge in [0.1, 0.15) is 20.2 Å². The van der Waals surface area contributed by atoms with E-state index in [1.165, 1.54) is 72.8 Å². The predicted molar refractivity (Wildman–Crippen MR) is 214 cm³/mol. The second-order valence-corrected chi connectivity index (χ2v) is 16.6. The van der Waals surface area contributed by atoms with Crippen molar-refractivity contribution in [3.05, 3.63) is 144 Å². The number of carbonyl (C=O) groups excluding carboxylic acids is 4. The molecule has 0 bridgehead atoms. The monoisotopic (exact) mass is 1010 g/mol. The van der Waals surface area contributed by atoms with Crippen LogP contribution in [0.25, 0.3) is 10.8 Å². The van der Waals surface area contributed by atoms with Crippen LogP contribution in [-0.2, 0) is 39.0 Å². The summed E-state index contributed by atoms with van der Waals surface area (Å²) >= 11 is 1.19. The first kappa shape index (κ1) is 59.9. The molecule has 4 amide bonds. The van der Waals surface area contributed by atoms with E-state index in [2.05, 4.69) is 40.0 Å². The zero-order valence-corrected chi connectivity index (χ0v) is 46.0. The van der Waals surface area contributed by atoms with Crippen molar-refractivity contribution in [1.82, 2.24) is 0 Å². The first-order valence-electron chi connectivity index (χ1n) is 17.0. The van der Waals surface area contributed by atoms with Gasteiger partial charge < -0.3 is 40.9 Å². The van der Waals surface area contributed by atoms with Gasteiger partial charge >= 0.3 is 118 Å². The van der Waals surface area contributed by atoms with E-state index in [1.54, 1.807) is 0 Å². The Morgan fingerprint density at radius 1 is 0.394 bits per heavy atom. The molecule has 0 fully saturated rings. The van der Waals surface area contributed by atoms with Crippen molar-refractivity contribution in [2.45, 2.75) is 19.6 Å². The number of amides is 4. The molecule has 0 aliphatic heterocycles.